The van der Waals surface area contributed by atoms with Gasteiger partial charge in [-0.2, -0.15) is 0 Å². The van der Waals surface area contributed by atoms with Crippen molar-refractivity contribution in [3.05, 3.63) is 0 Å². The summed E-state index contributed by atoms with van der Waals surface area (Å²) < 4.78 is 9.54. The van der Waals surface area contributed by atoms with Crippen LogP contribution in [0.4, 0.5) is 4.79 Å². The van der Waals surface area contributed by atoms with Gasteiger partial charge in [0.2, 0.25) is 0 Å². The van der Waals surface area contributed by atoms with Gasteiger partial charge in [0.1, 0.15) is 6.54 Å². The number of hydrogen-bond acceptors (Lipinski definition) is 4. The fourth-order valence-corrected chi connectivity index (χ4v) is 1.01. The van der Waals surface area contributed by atoms with E-state index >= 15 is 0 Å². The first-order valence-electron chi connectivity index (χ1n) is 5.29. The smallest absolute Gasteiger partial charge is 0.325 e. The number of amides is 2. The molecule has 0 rings (SSSR count). The molecule has 0 aliphatic heterocycles. The van der Waals surface area contributed by atoms with Crippen molar-refractivity contribution in [2.45, 2.75) is 26.3 Å². The highest BCUT2D eigenvalue weighted by atomic mass is 16.5. The summed E-state index contributed by atoms with van der Waals surface area (Å²) in [6, 6.07) is -0.376. The molecule has 0 aromatic rings. The van der Waals surface area contributed by atoms with Crippen molar-refractivity contribution in [1.82, 2.24) is 10.6 Å². The lowest BCUT2D eigenvalue weighted by Gasteiger charge is -2.13. The van der Waals surface area contributed by atoms with Crippen LogP contribution in [0.5, 0.6) is 0 Å². The Morgan fingerprint density at radius 1 is 1.38 bits per heavy atom. The lowest BCUT2D eigenvalue weighted by Crippen LogP contribution is -2.43. The van der Waals surface area contributed by atoms with E-state index in [0.29, 0.717) is 13.2 Å². The quantitative estimate of drug-likeness (QED) is 0.618. The van der Waals surface area contributed by atoms with Crippen LogP contribution in [0.3, 0.4) is 0 Å². The van der Waals surface area contributed by atoms with Gasteiger partial charge in [-0.05, 0) is 20.3 Å². The first-order valence-corrected chi connectivity index (χ1v) is 5.29. The van der Waals surface area contributed by atoms with Gasteiger partial charge in [0.25, 0.3) is 0 Å². The van der Waals surface area contributed by atoms with Gasteiger partial charge in [-0.3, -0.25) is 4.79 Å². The molecule has 0 aliphatic rings. The second-order valence-corrected chi connectivity index (χ2v) is 3.31. The van der Waals surface area contributed by atoms with E-state index in [9.17, 15) is 9.59 Å². The van der Waals surface area contributed by atoms with Crippen LogP contribution in [0.15, 0.2) is 0 Å². The minimum Gasteiger partial charge on any atom is -0.465 e. The summed E-state index contributed by atoms with van der Waals surface area (Å²) in [6.07, 6.45) is 0.726. The second kappa shape index (κ2) is 8.96. The van der Waals surface area contributed by atoms with Crippen molar-refractivity contribution in [2.24, 2.45) is 0 Å². The van der Waals surface area contributed by atoms with Gasteiger partial charge in [0.05, 0.1) is 6.61 Å². The summed E-state index contributed by atoms with van der Waals surface area (Å²) >= 11 is 0. The zero-order valence-electron chi connectivity index (χ0n) is 10.0. The monoisotopic (exact) mass is 232 g/mol. The summed E-state index contributed by atoms with van der Waals surface area (Å²) in [4.78, 5) is 22.2. The first-order chi connectivity index (χ1) is 7.60. The number of carbonyl (C=O) groups excluding carboxylic acids is 2. The predicted molar refractivity (Wildman–Crippen MR) is 59.1 cm³/mol. The summed E-state index contributed by atoms with van der Waals surface area (Å²) in [6.45, 7) is 4.36. The van der Waals surface area contributed by atoms with E-state index in [2.05, 4.69) is 15.4 Å². The molecule has 1 unspecified atom stereocenters. The number of hydrogen-bond donors (Lipinski definition) is 2. The van der Waals surface area contributed by atoms with Crippen molar-refractivity contribution >= 4 is 12.0 Å². The van der Waals surface area contributed by atoms with Gasteiger partial charge in [0.15, 0.2) is 0 Å². The Balaban J connectivity index is 3.61. The van der Waals surface area contributed by atoms with Gasteiger partial charge in [0, 0.05) is 19.8 Å². The van der Waals surface area contributed by atoms with E-state index < -0.39 is 5.97 Å². The molecule has 0 aliphatic carbocycles. The van der Waals surface area contributed by atoms with Crippen LogP contribution >= 0.6 is 0 Å². The van der Waals surface area contributed by atoms with Crippen LogP contribution in [0.2, 0.25) is 0 Å². The standard InChI is InChI=1S/C10H20N2O4/c1-4-16-9(13)7-11-10(14)12-8(2)5-6-15-3/h8H,4-7H2,1-3H3,(H2,11,12,14). The zero-order valence-corrected chi connectivity index (χ0v) is 10.0. The molecule has 1 atom stereocenters. The van der Waals surface area contributed by atoms with E-state index in [1.165, 1.54) is 0 Å². The Hall–Kier alpha value is -1.30. The highest BCUT2D eigenvalue weighted by Crippen LogP contribution is 1.90. The van der Waals surface area contributed by atoms with E-state index in [1.807, 2.05) is 6.92 Å². The Morgan fingerprint density at radius 3 is 2.62 bits per heavy atom. The normalized spacial score (nSPS) is 11.7. The van der Waals surface area contributed by atoms with E-state index in [4.69, 9.17) is 4.74 Å². The van der Waals surface area contributed by atoms with Gasteiger partial charge in [-0.25, -0.2) is 4.79 Å². The summed E-state index contributed by atoms with van der Waals surface area (Å²) in [5.74, 6) is -0.442. The van der Waals surface area contributed by atoms with Gasteiger partial charge >= 0.3 is 12.0 Å². The third kappa shape index (κ3) is 8.05. The van der Waals surface area contributed by atoms with Crippen LogP contribution in [0.1, 0.15) is 20.3 Å². The van der Waals surface area contributed by atoms with Crippen LogP contribution in [0.25, 0.3) is 0 Å². The van der Waals surface area contributed by atoms with Crippen molar-refractivity contribution in [1.29, 1.82) is 0 Å². The Morgan fingerprint density at radius 2 is 2.06 bits per heavy atom. The maximum Gasteiger partial charge on any atom is 0.325 e. The molecule has 6 nitrogen and oxygen atoms in total. The Kier molecular flexibility index (Phi) is 8.24. The van der Waals surface area contributed by atoms with E-state index in [1.54, 1.807) is 14.0 Å². The highest BCUT2D eigenvalue weighted by molar-refractivity contribution is 5.80. The lowest BCUT2D eigenvalue weighted by molar-refractivity contribution is -0.141. The van der Waals surface area contributed by atoms with E-state index in [-0.39, 0.29) is 18.6 Å². The minimum atomic E-state index is -0.442. The molecular weight excluding hydrogens is 212 g/mol. The van der Waals surface area contributed by atoms with Gasteiger partial charge in [-0.1, -0.05) is 0 Å². The lowest BCUT2D eigenvalue weighted by atomic mass is 10.2. The maximum atomic E-state index is 11.3. The van der Waals surface area contributed by atoms with Gasteiger partial charge < -0.3 is 20.1 Å². The fourth-order valence-electron chi connectivity index (χ4n) is 1.01. The molecule has 0 heterocycles. The average Bonchev–Trinajstić information content (AvgIpc) is 2.24. The largest absolute Gasteiger partial charge is 0.465 e. The van der Waals surface area contributed by atoms with Crippen LogP contribution in [0, 0.1) is 0 Å². The molecule has 0 saturated carbocycles. The van der Waals surface area contributed by atoms with Crippen LogP contribution in [-0.4, -0.2) is 44.9 Å². The molecule has 0 aromatic heterocycles. The zero-order chi connectivity index (χ0) is 12.4. The molecular formula is C10H20N2O4. The number of ether oxygens (including phenoxy) is 2. The maximum absolute atomic E-state index is 11.3. The average molecular weight is 232 g/mol. The SMILES string of the molecule is CCOC(=O)CNC(=O)NC(C)CCOC. The van der Waals surface area contributed by atoms with Gasteiger partial charge in [-0.15, -0.1) is 0 Å². The van der Waals surface area contributed by atoms with Crippen molar-refractivity contribution in [2.75, 3.05) is 26.9 Å². The number of nitrogens with one attached hydrogen (secondary N) is 2. The topological polar surface area (TPSA) is 76.7 Å². The third-order valence-electron chi connectivity index (χ3n) is 1.83. The molecule has 2 amide bonds. The summed E-state index contributed by atoms with van der Waals surface area (Å²) in [7, 11) is 1.60. The second-order valence-electron chi connectivity index (χ2n) is 3.31. The van der Waals surface area contributed by atoms with Crippen LogP contribution < -0.4 is 10.6 Å². The Bertz CT molecular complexity index is 221. The molecule has 16 heavy (non-hydrogen) atoms. The molecule has 6 heteroatoms. The number of esters is 1. The molecule has 94 valence electrons. The van der Waals surface area contributed by atoms with Crippen molar-refractivity contribution < 1.29 is 19.1 Å². The molecule has 2 N–H and O–H groups in total. The molecule has 0 bridgehead atoms. The molecule has 0 fully saturated rings. The third-order valence-corrected chi connectivity index (χ3v) is 1.83. The molecule has 0 radical (unpaired) electrons. The minimum absolute atomic E-state index is 0.00199. The number of urea groups is 1. The number of methoxy groups -OCH3 is 1. The predicted octanol–water partition coefficient (Wildman–Crippen LogP) is 0.274. The van der Waals surface area contributed by atoms with E-state index in [0.717, 1.165) is 6.42 Å². The van der Waals surface area contributed by atoms with Crippen LogP contribution in [-0.2, 0) is 14.3 Å². The Labute approximate surface area is 95.7 Å². The fraction of sp³-hybridized carbons (Fsp3) is 0.800. The summed E-state index contributed by atoms with van der Waals surface area (Å²) in [5, 5.41) is 5.08. The molecule has 0 saturated heterocycles. The number of carbonyl (C=O) groups is 2. The van der Waals surface area contributed by atoms with Crippen molar-refractivity contribution in [3.8, 4) is 0 Å². The molecule has 0 aromatic carbocycles. The molecule has 0 spiro atoms. The summed E-state index contributed by atoms with van der Waals surface area (Å²) in [5.41, 5.74) is 0. The van der Waals surface area contributed by atoms with Crippen molar-refractivity contribution in [3.63, 3.8) is 0 Å². The number of rotatable bonds is 7. The highest BCUT2D eigenvalue weighted by Gasteiger charge is 2.08. The first kappa shape index (κ1) is 14.7.